The zero-order valence-corrected chi connectivity index (χ0v) is 14.3. The predicted molar refractivity (Wildman–Crippen MR) is 88.7 cm³/mol. The van der Waals surface area contributed by atoms with E-state index in [9.17, 15) is 0 Å². The first-order chi connectivity index (χ1) is 10.0. The summed E-state index contributed by atoms with van der Waals surface area (Å²) in [6, 6.07) is 6.12. The molecule has 3 aromatic rings. The van der Waals surface area contributed by atoms with Crippen LogP contribution in [0, 0.1) is 6.92 Å². The highest BCUT2D eigenvalue weighted by Gasteiger charge is 2.15. The number of alkyl halides is 1. The summed E-state index contributed by atoms with van der Waals surface area (Å²) in [5, 5.41) is 4.20. The van der Waals surface area contributed by atoms with E-state index in [0.29, 0.717) is 0 Å². The molecule has 0 saturated heterocycles. The van der Waals surface area contributed by atoms with Gasteiger partial charge in [-0.15, -0.1) is 11.6 Å². The molecule has 6 heteroatoms. The molecule has 4 nitrogen and oxygen atoms in total. The van der Waals surface area contributed by atoms with Gasteiger partial charge in [0.25, 0.3) is 0 Å². The fraction of sp³-hybridized carbons (Fsp3) is 0.333. The Hall–Kier alpha value is -1.33. The molecular formula is C15H16BrClN4. The number of aryl methyl sites for hydroxylation is 3. The molecule has 21 heavy (non-hydrogen) atoms. The van der Waals surface area contributed by atoms with E-state index in [-0.39, 0.29) is 5.38 Å². The van der Waals surface area contributed by atoms with Crippen molar-refractivity contribution in [1.29, 1.82) is 0 Å². The first-order valence-electron chi connectivity index (χ1n) is 6.83. The van der Waals surface area contributed by atoms with E-state index in [2.05, 4.69) is 36.6 Å². The molecular weight excluding hydrogens is 352 g/mol. The number of nitrogens with zero attached hydrogens (tertiary/aromatic N) is 4. The second-order valence-corrected chi connectivity index (χ2v) is 6.72. The maximum Gasteiger partial charge on any atom is 0.127 e. The molecule has 0 fully saturated rings. The Bertz CT molecular complexity index is 775. The van der Waals surface area contributed by atoms with Gasteiger partial charge in [-0.05, 0) is 37.6 Å². The molecule has 110 valence electrons. The first kappa shape index (κ1) is 14.6. The molecule has 0 aliphatic carbocycles. The molecule has 1 atom stereocenters. The third-order valence-electron chi connectivity index (χ3n) is 3.41. The summed E-state index contributed by atoms with van der Waals surface area (Å²) < 4.78 is 5.15. The van der Waals surface area contributed by atoms with E-state index in [1.54, 1.807) is 0 Å². The van der Waals surface area contributed by atoms with Crippen LogP contribution in [0.15, 0.2) is 35.1 Å². The zero-order chi connectivity index (χ0) is 15.0. The van der Waals surface area contributed by atoms with Gasteiger partial charge >= 0.3 is 0 Å². The van der Waals surface area contributed by atoms with Gasteiger partial charge < -0.3 is 4.57 Å². The van der Waals surface area contributed by atoms with E-state index in [4.69, 9.17) is 11.6 Å². The summed E-state index contributed by atoms with van der Waals surface area (Å²) in [7, 11) is 0. The van der Waals surface area contributed by atoms with E-state index in [0.717, 1.165) is 34.4 Å². The average molecular weight is 368 g/mol. The summed E-state index contributed by atoms with van der Waals surface area (Å²) in [5.41, 5.74) is 3.23. The van der Waals surface area contributed by atoms with Crippen LogP contribution in [-0.4, -0.2) is 19.3 Å². The zero-order valence-electron chi connectivity index (χ0n) is 11.9. The van der Waals surface area contributed by atoms with Gasteiger partial charge in [0, 0.05) is 17.2 Å². The third-order valence-corrected chi connectivity index (χ3v) is 4.10. The molecule has 0 aliphatic heterocycles. The Morgan fingerprint density at radius 1 is 1.33 bits per heavy atom. The monoisotopic (exact) mass is 366 g/mol. The highest BCUT2D eigenvalue weighted by Crippen LogP contribution is 2.26. The molecule has 1 aromatic carbocycles. The maximum atomic E-state index is 6.29. The lowest BCUT2D eigenvalue weighted by atomic mass is 10.3. The number of imidazole rings is 1. The van der Waals surface area contributed by atoms with Crippen LogP contribution >= 0.6 is 27.5 Å². The van der Waals surface area contributed by atoms with Crippen molar-refractivity contribution in [3.63, 3.8) is 0 Å². The van der Waals surface area contributed by atoms with E-state index < -0.39 is 0 Å². The number of rotatable bonds is 4. The molecule has 0 radical (unpaired) electrons. The Morgan fingerprint density at radius 2 is 2.14 bits per heavy atom. The topological polar surface area (TPSA) is 35.6 Å². The Labute approximate surface area is 136 Å². The first-order valence-corrected chi connectivity index (χ1v) is 8.06. The Morgan fingerprint density at radius 3 is 2.81 bits per heavy atom. The maximum absolute atomic E-state index is 6.29. The van der Waals surface area contributed by atoms with Crippen LogP contribution < -0.4 is 0 Å². The quantitative estimate of drug-likeness (QED) is 0.644. The number of halogens is 2. The normalized spacial score (nSPS) is 13.0. The number of hydrogen-bond acceptors (Lipinski definition) is 2. The summed E-state index contributed by atoms with van der Waals surface area (Å²) >= 11 is 9.77. The molecule has 0 N–H and O–H groups in total. The van der Waals surface area contributed by atoms with Gasteiger partial charge in [-0.1, -0.05) is 15.9 Å². The van der Waals surface area contributed by atoms with Gasteiger partial charge in [0.15, 0.2) is 0 Å². The van der Waals surface area contributed by atoms with Gasteiger partial charge in [-0.25, -0.2) is 4.98 Å². The largest absolute Gasteiger partial charge is 0.325 e. The van der Waals surface area contributed by atoms with Crippen LogP contribution in [-0.2, 0) is 13.1 Å². The molecule has 0 saturated carbocycles. The minimum absolute atomic E-state index is 0.129. The lowest BCUT2D eigenvalue weighted by Gasteiger charge is -2.10. The van der Waals surface area contributed by atoms with Gasteiger partial charge in [-0.2, -0.15) is 5.10 Å². The van der Waals surface area contributed by atoms with Crippen LogP contribution in [0.5, 0.6) is 0 Å². The van der Waals surface area contributed by atoms with Gasteiger partial charge in [0.05, 0.1) is 29.2 Å². The van der Waals surface area contributed by atoms with E-state index >= 15 is 0 Å². The number of benzene rings is 1. The van der Waals surface area contributed by atoms with Gasteiger partial charge in [0.2, 0.25) is 0 Å². The minimum Gasteiger partial charge on any atom is -0.325 e. The van der Waals surface area contributed by atoms with Crippen molar-refractivity contribution >= 4 is 38.6 Å². The third kappa shape index (κ3) is 2.99. The molecule has 2 aromatic heterocycles. The fourth-order valence-corrected chi connectivity index (χ4v) is 2.97. The highest BCUT2D eigenvalue weighted by molar-refractivity contribution is 9.10. The Kier molecular flexibility index (Phi) is 4.04. The van der Waals surface area contributed by atoms with Crippen LogP contribution in [0.2, 0.25) is 0 Å². The number of aromatic nitrogens is 4. The summed E-state index contributed by atoms with van der Waals surface area (Å²) in [6.07, 6.45) is 3.91. The fourth-order valence-electron chi connectivity index (χ4n) is 2.45. The van der Waals surface area contributed by atoms with Crippen molar-refractivity contribution in [3.05, 3.63) is 46.5 Å². The highest BCUT2D eigenvalue weighted by atomic mass is 79.9. The summed E-state index contributed by atoms with van der Waals surface area (Å²) in [6.45, 7) is 5.59. The molecule has 3 rings (SSSR count). The van der Waals surface area contributed by atoms with Gasteiger partial charge in [-0.3, -0.25) is 4.68 Å². The van der Waals surface area contributed by atoms with Crippen LogP contribution in [0.1, 0.15) is 23.7 Å². The standard InChI is InChI=1S/C15H16BrClN4/c1-10-8-18-20(9-10)5-6-21-14-4-3-12(16)7-13(14)19-15(21)11(2)17/h3-4,7-9,11H,5-6H2,1-2H3. The lowest BCUT2D eigenvalue weighted by Crippen LogP contribution is -2.11. The Balaban J connectivity index is 1.97. The molecule has 2 heterocycles. The van der Waals surface area contributed by atoms with Crippen molar-refractivity contribution in [3.8, 4) is 0 Å². The average Bonchev–Trinajstić information content (AvgIpc) is 2.99. The molecule has 0 amide bonds. The number of fused-ring (bicyclic) bond motifs is 1. The predicted octanol–water partition coefficient (Wildman–Crippen LogP) is 4.30. The lowest BCUT2D eigenvalue weighted by molar-refractivity contribution is 0.528. The molecule has 0 bridgehead atoms. The van der Waals surface area contributed by atoms with Crippen molar-refractivity contribution in [1.82, 2.24) is 19.3 Å². The van der Waals surface area contributed by atoms with Crippen molar-refractivity contribution in [2.24, 2.45) is 0 Å². The van der Waals surface area contributed by atoms with Crippen molar-refractivity contribution < 1.29 is 0 Å². The van der Waals surface area contributed by atoms with Crippen molar-refractivity contribution in [2.45, 2.75) is 32.3 Å². The molecule has 0 spiro atoms. The smallest absolute Gasteiger partial charge is 0.127 e. The summed E-state index contributed by atoms with van der Waals surface area (Å²) in [5.74, 6) is 0.897. The van der Waals surface area contributed by atoms with E-state index in [1.165, 1.54) is 5.56 Å². The SMILES string of the molecule is Cc1cnn(CCn2c(C(C)Cl)nc3cc(Br)ccc32)c1. The van der Waals surface area contributed by atoms with Crippen LogP contribution in [0.25, 0.3) is 11.0 Å². The molecule has 1 unspecified atom stereocenters. The minimum atomic E-state index is -0.129. The second-order valence-electron chi connectivity index (χ2n) is 5.15. The summed E-state index contributed by atoms with van der Waals surface area (Å²) in [4.78, 5) is 4.66. The van der Waals surface area contributed by atoms with E-state index in [1.807, 2.05) is 43.1 Å². The van der Waals surface area contributed by atoms with Gasteiger partial charge in [0.1, 0.15) is 5.82 Å². The number of hydrogen-bond donors (Lipinski definition) is 0. The second kappa shape index (κ2) is 5.81. The van der Waals surface area contributed by atoms with Crippen molar-refractivity contribution in [2.75, 3.05) is 0 Å². The molecule has 0 aliphatic rings. The van der Waals surface area contributed by atoms with Crippen LogP contribution in [0.3, 0.4) is 0 Å². The van der Waals surface area contributed by atoms with Crippen LogP contribution in [0.4, 0.5) is 0 Å².